The minimum Gasteiger partial charge on any atom is -0.435 e. The summed E-state index contributed by atoms with van der Waals surface area (Å²) in [5.41, 5.74) is 1.71. The molecule has 0 unspecified atom stereocenters. The number of aromatic nitrogens is 1. The molecule has 0 saturated heterocycles. The highest BCUT2D eigenvalue weighted by molar-refractivity contribution is 7.14. The minimum absolute atomic E-state index is 0.112. The Morgan fingerprint density at radius 1 is 1.19 bits per heavy atom. The van der Waals surface area contributed by atoms with E-state index in [2.05, 4.69) is 21.4 Å². The number of ether oxygens (including phenoxy) is 1. The van der Waals surface area contributed by atoms with Crippen LogP contribution in [0.15, 0.2) is 69.9 Å². The Hall–Kier alpha value is -2.58. The number of hydrogen-bond acceptors (Lipinski definition) is 5. The highest BCUT2D eigenvalue weighted by Gasteiger charge is 2.08. The van der Waals surface area contributed by atoms with Crippen molar-refractivity contribution in [1.29, 1.82) is 0 Å². The van der Waals surface area contributed by atoms with Gasteiger partial charge in [0.05, 0.1) is 23.3 Å². The molecule has 0 amide bonds. The van der Waals surface area contributed by atoms with Crippen molar-refractivity contribution in [2.45, 2.75) is 6.61 Å². The van der Waals surface area contributed by atoms with E-state index in [1.165, 1.54) is 23.5 Å². The summed E-state index contributed by atoms with van der Waals surface area (Å²) in [5, 5.41) is 8.54. The van der Waals surface area contributed by atoms with Gasteiger partial charge in [-0.3, -0.25) is 4.99 Å². The molecule has 0 aliphatic carbocycles. The van der Waals surface area contributed by atoms with Crippen molar-refractivity contribution in [2.24, 2.45) is 10.1 Å². The van der Waals surface area contributed by atoms with E-state index in [0.717, 1.165) is 20.9 Å². The van der Waals surface area contributed by atoms with Gasteiger partial charge in [-0.2, -0.15) is 13.9 Å². The van der Waals surface area contributed by atoms with Gasteiger partial charge in [-0.1, -0.05) is 12.1 Å². The summed E-state index contributed by atoms with van der Waals surface area (Å²) < 4.78 is 30.5. The SMILES string of the molecule is C=CCN=c1scc(-c2cccs2)n1/N=C\c1ccc(OC(F)F)cc1. The minimum atomic E-state index is -2.83. The molecule has 0 fully saturated rings. The second-order valence-electron chi connectivity index (χ2n) is 5.01. The van der Waals surface area contributed by atoms with Crippen molar-refractivity contribution in [2.75, 3.05) is 6.54 Å². The molecule has 2 aromatic heterocycles. The Balaban J connectivity index is 1.91. The molecule has 0 radical (unpaired) electrons. The summed E-state index contributed by atoms with van der Waals surface area (Å²) >= 11 is 3.12. The number of benzene rings is 1. The maximum Gasteiger partial charge on any atom is 0.387 e. The Kier molecular flexibility index (Phi) is 6.08. The number of halogens is 2. The molecule has 0 bridgehead atoms. The van der Waals surface area contributed by atoms with Crippen LogP contribution in [-0.2, 0) is 0 Å². The topological polar surface area (TPSA) is 38.9 Å². The molecule has 0 atom stereocenters. The van der Waals surface area contributed by atoms with Gasteiger partial charge in [0.15, 0.2) is 0 Å². The summed E-state index contributed by atoms with van der Waals surface area (Å²) in [6.45, 7) is 1.35. The summed E-state index contributed by atoms with van der Waals surface area (Å²) in [5.74, 6) is 0.112. The van der Waals surface area contributed by atoms with Crippen LogP contribution in [0.2, 0.25) is 0 Å². The number of rotatable bonds is 7. The lowest BCUT2D eigenvalue weighted by Gasteiger charge is -2.04. The first-order valence-corrected chi connectivity index (χ1v) is 9.38. The zero-order chi connectivity index (χ0) is 18.4. The first-order chi connectivity index (χ1) is 12.7. The predicted molar refractivity (Wildman–Crippen MR) is 102 cm³/mol. The Morgan fingerprint density at radius 2 is 2.00 bits per heavy atom. The number of nitrogens with zero attached hydrogens (tertiary/aromatic N) is 3. The van der Waals surface area contributed by atoms with Crippen molar-refractivity contribution in [3.05, 3.63) is 70.2 Å². The highest BCUT2D eigenvalue weighted by Crippen LogP contribution is 2.25. The third-order valence-corrected chi connectivity index (χ3v) is 4.99. The lowest BCUT2D eigenvalue weighted by Crippen LogP contribution is -2.12. The van der Waals surface area contributed by atoms with Gasteiger partial charge in [0.2, 0.25) is 4.80 Å². The summed E-state index contributed by atoms with van der Waals surface area (Å²) in [7, 11) is 0. The van der Waals surface area contributed by atoms with Crippen molar-refractivity contribution >= 4 is 28.9 Å². The van der Waals surface area contributed by atoms with Crippen LogP contribution in [0.5, 0.6) is 5.75 Å². The average molecular weight is 391 g/mol. The second-order valence-corrected chi connectivity index (χ2v) is 6.80. The molecular weight excluding hydrogens is 376 g/mol. The summed E-state index contributed by atoms with van der Waals surface area (Å²) in [4.78, 5) is 6.30. The lowest BCUT2D eigenvalue weighted by molar-refractivity contribution is -0.0498. The first kappa shape index (κ1) is 18.2. The van der Waals surface area contributed by atoms with Gasteiger partial charge in [-0.25, -0.2) is 4.68 Å². The van der Waals surface area contributed by atoms with E-state index in [0.29, 0.717) is 6.54 Å². The van der Waals surface area contributed by atoms with E-state index in [1.807, 2.05) is 22.9 Å². The van der Waals surface area contributed by atoms with Crippen LogP contribution >= 0.6 is 22.7 Å². The number of thiophene rings is 1. The third-order valence-electron chi connectivity index (χ3n) is 3.24. The van der Waals surface area contributed by atoms with Gasteiger partial charge in [0, 0.05) is 5.38 Å². The molecule has 26 heavy (non-hydrogen) atoms. The summed E-state index contributed by atoms with van der Waals surface area (Å²) in [6.07, 6.45) is 3.38. The van der Waals surface area contributed by atoms with Gasteiger partial charge in [0.25, 0.3) is 0 Å². The maximum absolute atomic E-state index is 12.2. The van der Waals surface area contributed by atoms with Crippen molar-refractivity contribution in [3.63, 3.8) is 0 Å². The molecule has 0 aliphatic rings. The van der Waals surface area contributed by atoms with Gasteiger partial charge >= 0.3 is 6.61 Å². The standard InChI is InChI=1S/C18H15F2N3OS2/c1-2-9-21-18-23(15(12-26-18)16-4-3-10-25-16)22-11-13-5-7-14(8-6-13)24-17(19)20/h2-8,10-12,17H,1,9H2/b21-18?,22-11-. The lowest BCUT2D eigenvalue weighted by atomic mass is 10.2. The molecule has 3 rings (SSSR count). The molecular formula is C18H15F2N3OS2. The number of hydrogen-bond donors (Lipinski definition) is 0. The molecule has 4 nitrogen and oxygen atoms in total. The fourth-order valence-electron chi connectivity index (χ4n) is 2.12. The van der Waals surface area contributed by atoms with Gasteiger partial charge in [-0.15, -0.1) is 29.3 Å². The average Bonchev–Trinajstić information content (AvgIpc) is 3.28. The van der Waals surface area contributed by atoms with Gasteiger partial charge in [0.1, 0.15) is 5.75 Å². The van der Waals surface area contributed by atoms with Crippen LogP contribution < -0.4 is 9.54 Å². The van der Waals surface area contributed by atoms with Crippen LogP contribution in [0.4, 0.5) is 8.78 Å². The monoisotopic (exact) mass is 391 g/mol. The van der Waals surface area contributed by atoms with Gasteiger partial charge in [-0.05, 0) is 41.3 Å². The van der Waals surface area contributed by atoms with Crippen LogP contribution in [0.1, 0.15) is 5.56 Å². The molecule has 0 spiro atoms. The molecule has 0 aliphatic heterocycles. The Bertz CT molecular complexity index is 942. The van der Waals surface area contributed by atoms with Crippen LogP contribution in [0.3, 0.4) is 0 Å². The molecule has 0 saturated carbocycles. The van der Waals surface area contributed by atoms with Crippen molar-refractivity contribution in [1.82, 2.24) is 4.68 Å². The second kappa shape index (κ2) is 8.68. The predicted octanol–water partition coefficient (Wildman–Crippen LogP) is 4.85. The molecule has 2 heterocycles. The van der Waals surface area contributed by atoms with E-state index in [4.69, 9.17) is 0 Å². The van der Waals surface area contributed by atoms with E-state index >= 15 is 0 Å². The van der Waals surface area contributed by atoms with E-state index < -0.39 is 6.61 Å². The molecule has 1 aromatic carbocycles. The van der Waals surface area contributed by atoms with Crippen molar-refractivity contribution in [3.8, 4) is 16.3 Å². The Labute approximate surface area is 157 Å². The van der Waals surface area contributed by atoms with Crippen molar-refractivity contribution < 1.29 is 13.5 Å². The van der Waals surface area contributed by atoms with Crippen LogP contribution in [0.25, 0.3) is 10.6 Å². The smallest absolute Gasteiger partial charge is 0.387 e. The first-order valence-electron chi connectivity index (χ1n) is 7.62. The maximum atomic E-state index is 12.2. The molecule has 0 N–H and O–H groups in total. The molecule has 8 heteroatoms. The van der Waals surface area contributed by atoms with E-state index in [9.17, 15) is 8.78 Å². The molecule has 134 valence electrons. The highest BCUT2D eigenvalue weighted by atomic mass is 32.1. The largest absolute Gasteiger partial charge is 0.435 e. The number of thiazole rings is 1. The third kappa shape index (κ3) is 4.53. The molecule has 3 aromatic rings. The fraction of sp³-hybridized carbons (Fsp3) is 0.111. The van der Waals surface area contributed by atoms with Gasteiger partial charge < -0.3 is 4.74 Å². The number of alkyl halides is 2. The Morgan fingerprint density at radius 3 is 2.65 bits per heavy atom. The zero-order valence-corrected chi connectivity index (χ0v) is 15.2. The zero-order valence-electron chi connectivity index (χ0n) is 13.6. The fourth-order valence-corrected chi connectivity index (χ4v) is 3.76. The van der Waals surface area contributed by atoms with E-state index in [-0.39, 0.29) is 5.75 Å². The van der Waals surface area contributed by atoms with E-state index in [1.54, 1.807) is 40.4 Å². The quantitative estimate of drug-likeness (QED) is 0.419. The van der Waals surface area contributed by atoms with Crippen LogP contribution in [0, 0.1) is 0 Å². The van der Waals surface area contributed by atoms with Crippen LogP contribution in [-0.4, -0.2) is 24.0 Å². The summed E-state index contributed by atoms with van der Waals surface area (Å²) in [6, 6.07) is 10.3. The normalized spacial score (nSPS) is 12.2.